The maximum atomic E-state index is 13.6. The summed E-state index contributed by atoms with van der Waals surface area (Å²) in [6.07, 6.45) is 1.12. The molecule has 0 saturated carbocycles. The van der Waals surface area contributed by atoms with E-state index >= 15 is 0 Å². The summed E-state index contributed by atoms with van der Waals surface area (Å²) in [4.78, 5) is 0. The van der Waals surface area contributed by atoms with E-state index in [-0.39, 0.29) is 10.8 Å². The number of hydrogen-bond acceptors (Lipinski definition) is 2. The first-order chi connectivity index (χ1) is 7.46. The fourth-order valence-electron chi connectivity index (χ4n) is 1.54. The topological polar surface area (TPSA) is 35.2 Å². The molecule has 0 fully saturated rings. The highest BCUT2D eigenvalue weighted by Gasteiger charge is 2.21. The van der Waals surface area contributed by atoms with Gasteiger partial charge in [-0.05, 0) is 31.4 Å². The summed E-state index contributed by atoms with van der Waals surface area (Å²) in [5, 5.41) is 0.139. The lowest BCUT2D eigenvalue weighted by Gasteiger charge is -2.24. The third-order valence-corrected chi connectivity index (χ3v) is 2.80. The van der Waals surface area contributed by atoms with Gasteiger partial charge in [-0.1, -0.05) is 23.7 Å². The van der Waals surface area contributed by atoms with Crippen LogP contribution < -0.4 is 5.73 Å². The third-order valence-electron chi connectivity index (χ3n) is 2.50. The molecule has 2 N–H and O–H groups in total. The van der Waals surface area contributed by atoms with Gasteiger partial charge in [0.2, 0.25) is 0 Å². The van der Waals surface area contributed by atoms with Crippen LogP contribution in [0.3, 0.4) is 0 Å². The number of benzene rings is 1. The molecule has 90 valence electrons. The van der Waals surface area contributed by atoms with E-state index in [9.17, 15) is 4.39 Å². The predicted molar refractivity (Wildman–Crippen MR) is 64.2 cm³/mol. The van der Waals surface area contributed by atoms with E-state index in [1.165, 1.54) is 6.07 Å². The Labute approximate surface area is 101 Å². The van der Waals surface area contributed by atoms with Crippen LogP contribution in [0.5, 0.6) is 0 Å². The van der Waals surface area contributed by atoms with Crippen LogP contribution in [0, 0.1) is 5.82 Å². The molecule has 1 aromatic carbocycles. The van der Waals surface area contributed by atoms with Gasteiger partial charge in [0.15, 0.2) is 0 Å². The van der Waals surface area contributed by atoms with Crippen molar-refractivity contribution in [3.8, 4) is 0 Å². The van der Waals surface area contributed by atoms with Gasteiger partial charge in [0, 0.05) is 19.3 Å². The second-order valence-electron chi connectivity index (χ2n) is 4.29. The average molecular weight is 246 g/mol. The van der Waals surface area contributed by atoms with Crippen LogP contribution in [0.2, 0.25) is 5.02 Å². The highest BCUT2D eigenvalue weighted by Crippen LogP contribution is 2.22. The lowest BCUT2D eigenvalue weighted by molar-refractivity contribution is 0.171. The number of methoxy groups -OCH3 is 1. The Morgan fingerprint density at radius 2 is 2.19 bits per heavy atom. The first-order valence-electron chi connectivity index (χ1n) is 5.17. The van der Waals surface area contributed by atoms with Crippen LogP contribution in [-0.2, 0) is 11.2 Å². The van der Waals surface area contributed by atoms with Crippen LogP contribution in [0.4, 0.5) is 4.39 Å². The molecule has 1 aromatic rings. The van der Waals surface area contributed by atoms with Gasteiger partial charge >= 0.3 is 0 Å². The lowest BCUT2D eigenvalue weighted by atomic mass is 9.91. The molecule has 0 saturated heterocycles. The Morgan fingerprint density at radius 1 is 1.50 bits per heavy atom. The molecule has 1 atom stereocenters. The quantitative estimate of drug-likeness (QED) is 0.866. The molecule has 0 aliphatic heterocycles. The molecule has 4 heteroatoms. The Morgan fingerprint density at radius 3 is 2.81 bits per heavy atom. The fourth-order valence-corrected chi connectivity index (χ4v) is 1.74. The van der Waals surface area contributed by atoms with Gasteiger partial charge in [-0.15, -0.1) is 0 Å². The van der Waals surface area contributed by atoms with Gasteiger partial charge in [0.25, 0.3) is 0 Å². The zero-order valence-electron chi connectivity index (χ0n) is 9.59. The molecule has 0 heterocycles. The predicted octanol–water partition coefficient (Wildman–Crippen LogP) is 2.78. The number of nitrogens with two attached hydrogens (primary N) is 1. The summed E-state index contributed by atoms with van der Waals surface area (Å²) in [6, 6.07) is 4.97. The maximum Gasteiger partial charge on any atom is 0.145 e. The van der Waals surface area contributed by atoms with E-state index in [1.807, 2.05) is 6.92 Å². The summed E-state index contributed by atoms with van der Waals surface area (Å²) in [5.41, 5.74) is 6.13. The lowest BCUT2D eigenvalue weighted by Crippen LogP contribution is -2.40. The van der Waals surface area contributed by atoms with E-state index in [0.717, 1.165) is 0 Å². The van der Waals surface area contributed by atoms with Crippen LogP contribution in [0.25, 0.3) is 0 Å². The molecular formula is C12H17ClFNO. The van der Waals surface area contributed by atoms with Crippen molar-refractivity contribution < 1.29 is 9.13 Å². The molecule has 0 bridgehead atoms. The van der Waals surface area contributed by atoms with E-state index < -0.39 is 5.54 Å². The Balaban J connectivity index is 2.75. The minimum atomic E-state index is -0.485. The van der Waals surface area contributed by atoms with E-state index in [4.69, 9.17) is 22.1 Å². The van der Waals surface area contributed by atoms with Crippen molar-refractivity contribution >= 4 is 11.6 Å². The molecule has 16 heavy (non-hydrogen) atoms. The van der Waals surface area contributed by atoms with Gasteiger partial charge in [0.05, 0.1) is 5.02 Å². The van der Waals surface area contributed by atoms with Gasteiger partial charge in [-0.3, -0.25) is 0 Å². The summed E-state index contributed by atoms with van der Waals surface area (Å²) in [6.45, 7) is 2.45. The van der Waals surface area contributed by atoms with Crippen molar-refractivity contribution in [1.82, 2.24) is 0 Å². The number of halogens is 2. The van der Waals surface area contributed by atoms with Crippen molar-refractivity contribution in [2.24, 2.45) is 5.73 Å². The largest absolute Gasteiger partial charge is 0.385 e. The van der Waals surface area contributed by atoms with Crippen LogP contribution in [-0.4, -0.2) is 19.3 Å². The van der Waals surface area contributed by atoms with Crippen molar-refractivity contribution in [2.45, 2.75) is 25.3 Å². The van der Waals surface area contributed by atoms with Crippen LogP contribution in [0.1, 0.15) is 18.9 Å². The molecule has 0 aliphatic carbocycles. The fraction of sp³-hybridized carbons (Fsp3) is 0.500. The smallest absolute Gasteiger partial charge is 0.145 e. The van der Waals surface area contributed by atoms with E-state index in [0.29, 0.717) is 25.0 Å². The summed E-state index contributed by atoms with van der Waals surface area (Å²) in [5.74, 6) is -0.377. The van der Waals surface area contributed by atoms with E-state index in [1.54, 1.807) is 19.2 Å². The number of hydrogen-bond donors (Lipinski definition) is 1. The van der Waals surface area contributed by atoms with E-state index in [2.05, 4.69) is 0 Å². The van der Waals surface area contributed by atoms with Crippen LogP contribution >= 0.6 is 11.6 Å². The second-order valence-corrected chi connectivity index (χ2v) is 4.69. The molecule has 0 radical (unpaired) electrons. The van der Waals surface area contributed by atoms with Crippen molar-refractivity contribution in [3.05, 3.63) is 34.6 Å². The first kappa shape index (κ1) is 13.4. The molecule has 0 amide bonds. The molecule has 1 unspecified atom stereocenters. The Hall–Kier alpha value is -0.640. The van der Waals surface area contributed by atoms with Crippen LogP contribution in [0.15, 0.2) is 18.2 Å². The Bertz CT molecular complexity index is 355. The first-order valence-corrected chi connectivity index (χ1v) is 5.55. The normalized spacial score (nSPS) is 14.8. The maximum absolute atomic E-state index is 13.6. The number of rotatable bonds is 5. The molecule has 1 rings (SSSR count). The van der Waals surface area contributed by atoms with Gasteiger partial charge in [-0.25, -0.2) is 4.39 Å². The van der Waals surface area contributed by atoms with Crippen molar-refractivity contribution in [1.29, 1.82) is 0 Å². The minimum absolute atomic E-state index is 0.139. The summed E-state index contributed by atoms with van der Waals surface area (Å²) in [7, 11) is 1.62. The average Bonchev–Trinajstić information content (AvgIpc) is 2.22. The Kier molecular flexibility index (Phi) is 4.71. The SMILES string of the molecule is COCCC(C)(N)Cc1cccc(Cl)c1F. The minimum Gasteiger partial charge on any atom is -0.385 e. The molecule has 2 nitrogen and oxygen atoms in total. The van der Waals surface area contributed by atoms with Gasteiger partial charge in [-0.2, -0.15) is 0 Å². The monoisotopic (exact) mass is 245 g/mol. The molecule has 0 aromatic heterocycles. The molecule has 0 aliphatic rings. The molecule has 0 spiro atoms. The number of ether oxygens (including phenoxy) is 1. The zero-order valence-corrected chi connectivity index (χ0v) is 10.4. The molecular weight excluding hydrogens is 229 g/mol. The zero-order chi connectivity index (χ0) is 12.2. The summed E-state index contributed by atoms with van der Waals surface area (Å²) >= 11 is 5.71. The van der Waals surface area contributed by atoms with Crippen molar-refractivity contribution in [2.75, 3.05) is 13.7 Å². The van der Waals surface area contributed by atoms with Gasteiger partial charge in [0.1, 0.15) is 5.82 Å². The highest BCUT2D eigenvalue weighted by atomic mass is 35.5. The standard InChI is InChI=1S/C12H17ClFNO/c1-12(15,6-7-16-2)8-9-4-3-5-10(13)11(9)14/h3-5H,6-8,15H2,1-2H3. The third kappa shape index (κ3) is 3.74. The highest BCUT2D eigenvalue weighted by molar-refractivity contribution is 6.30. The summed E-state index contributed by atoms with van der Waals surface area (Å²) < 4.78 is 18.6. The van der Waals surface area contributed by atoms with Crippen molar-refractivity contribution in [3.63, 3.8) is 0 Å². The second kappa shape index (κ2) is 5.62. The van der Waals surface area contributed by atoms with Gasteiger partial charge < -0.3 is 10.5 Å².